The molecule has 0 unspecified atom stereocenters. The normalized spacial score (nSPS) is 15.4. The Morgan fingerprint density at radius 3 is 2.34 bits per heavy atom. The van der Waals surface area contributed by atoms with Crippen molar-refractivity contribution in [3.05, 3.63) is 64.4 Å². The topological polar surface area (TPSA) is 49.9 Å². The average Bonchev–Trinajstić information content (AvgIpc) is 3.32. The zero-order valence-corrected chi connectivity index (χ0v) is 17.4. The molecule has 2 amide bonds. The third kappa shape index (κ3) is 3.98. The molecule has 0 N–H and O–H groups in total. The van der Waals surface area contributed by atoms with Crippen molar-refractivity contribution in [1.29, 1.82) is 0 Å². The lowest BCUT2D eigenvalue weighted by molar-refractivity contribution is -0.133. The first-order chi connectivity index (χ1) is 14.1. The van der Waals surface area contributed by atoms with E-state index in [0.29, 0.717) is 26.2 Å². The van der Waals surface area contributed by atoms with E-state index in [1.54, 1.807) is 7.11 Å². The summed E-state index contributed by atoms with van der Waals surface area (Å²) in [7, 11) is 1.66. The first-order valence-electron chi connectivity index (χ1n) is 9.76. The van der Waals surface area contributed by atoms with Crippen molar-refractivity contribution in [2.75, 3.05) is 33.3 Å². The predicted octanol–water partition coefficient (Wildman–Crippen LogP) is 4.00. The van der Waals surface area contributed by atoms with E-state index in [1.165, 1.54) is 11.3 Å². The van der Waals surface area contributed by atoms with Gasteiger partial charge in [-0.15, -0.1) is 11.3 Å². The van der Waals surface area contributed by atoms with E-state index in [9.17, 15) is 9.59 Å². The Labute approximate surface area is 174 Å². The lowest BCUT2D eigenvalue weighted by Gasteiger charge is -2.36. The van der Waals surface area contributed by atoms with Crippen LogP contribution >= 0.6 is 11.3 Å². The molecule has 3 aromatic rings. The van der Waals surface area contributed by atoms with Crippen molar-refractivity contribution in [2.45, 2.75) is 12.8 Å². The van der Waals surface area contributed by atoms with Crippen LogP contribution in [0.4, 0.5) is 0 Å². The van der Waals surface area contributed by atoms with Crippen LogP contribution in [0.25, 0.3) is 10.8 Å². The molecule has 1 fully saturated rings. The van der Waals surface area contributed by atoms with Crippen LogP contribution in [-0.2, 0) is 4.79 Å². The minimum absolute atomic E-state index is 0.0603. The highest BCUT2D eigenvalue weighted by atomic mass is 32.1. The lowest BCUT2D eigenvalue weighted by Crippen LogP contribution is -2.51. The van der Waals surface area contributed by atoms with Crippen LogP contribution in [0.15, 0.2) is 53.9 Å². The Hall–Kier alpha value is -2.86. The molecule has 2 aromatic carbocycles. The van der Waals surface area contributed by atoms with E-state index in [1.807, 2.05) is 64.6 Å². The number of amides is 2. The SMILES string of the molecule is COc1ccc2cc([C@@H](C)C(=O)N3CCN(C(=O)c4cccs4)CC3)ccc2c1. The largest absolute Gasteiger partial charge is 0.497 e. The summed E-state index contributed by atoms with van der Waals surface area (Å²) < 4.78 is 5.28. The summed E-state index contributed by atoms with van der Waals surface area (Å²) in [5, 5.41) is 4.09. The number of methoxy groups -OCH3 is 1. The summed E-state index contributed by atoms with van der Waals surface area (Å²) >= 11 is 1.46. The fourth-order valence-corrected chi connectivity index (χ4v) is 4.43. The molecule has 1 aromatic heterocycles. The van der Waals surface area contributed by atoms with Gasteiger partial charge in [0, 0.05) is 26.2 Å². The molecule has 1 atom stereocenters. The number of piperazine rings is 1. The monoisotopic (exact) mass is 408 g/mol. The van der Waals surface area contributed by atoms with Gasteiger partial charge < -0.3 is 14.5 Å². The van der Waals surface area contributed by atoms with Gasteiger partial charge in [0.25, 0.3) is 5.91 Å². The maximum atomic E-state index is 13.0. The van der Waals surface area contributed by atoms with E-state index in [2.05, 4.69) is 6.07 Å². The van der Waals surface area contributed by atoms with Crippen molar-refractivity contribution in [1.82, 2.24) is 9.80 Å². The smallest absolute Gasteiger partial charge is 0.264 e. The second kappa shape index (κ2) is 8.25. The van der Waals surface area contributed by atoms with Gasteiger partial charge in [-0.2, -0.15) is 0 Å². The van der Waals surface area contributed by atoms with Crippen LogP contribution in [0.3, 0.4) is 0 Å². The number of carbonyl (C=O) groups is 2. The fourth-order valence-electron chi connectivity index (χ4n) is 3.74. The molecule has 150 valence electrons. The lowest BCUT2D eigenvalue weighted by atomic mass is 9.96. The van der Waals surface area contributed by atoms with Gasteiger partial charge in [-0.1, -0.05) is 30.3 Å². The van der Waals surface area contributed by atoms with Gasteiger partial charge in [0.1, 0.15) is 5.75 Å². The van der Waals surface area contributed by atoms with Gasteiger partial charge in [0.05, 0.1) is 17.9 Å². The highest BCUT2D eigenvalue weighted by molar-refractivity contribution is 7.12. The van der Waals surface area contributed by atoms with Crippen molar-refractivity contribution >= 4 is 33.9 Å². The fraction of sp³-hybridized carbons (Fsp3) is 0.304. The quantitative estimate of drug-likeness (QED) is 0.656. The molecule has 1 aliphatic heterocycles. The van der Waals surface area contributed by atoms with E-state index < -0.39 is 0 Å². The molecule has 0 bridgehead atoms. The van der Waals surface area contributed by atoms with Crippen molar-refractivity contribution < 1.29 is 14.3 Å². The Morgan fingerprint density at radius 2 is 1.66 bits per heavy atom. The van der Waals surface area contributed by atoms with Gasteiger partial charge in [-0.25, -0.2) is 0 Å². The number of benzene rings is 2. The van der Waals surface area contributed by atoms with Crippen molar-refractivity contribution in [3.8, 4) is 5.75 Å². The summed E-state index contributed by atoms with van der Waals surface area (Å²) in [6, 6.07) is 15.8. The summed E-state index contributed by atoms with van der Waals surface area (Å²) in [4.78, 5) is 30.0. The molecular formula is C23H24N2O3S. The van der Waals surface area contributed by atoms with Crippen LogP contribution < -0.4 is 4.74 Å². The average molecular weight is 409 g/mol. The molecule has 0 spiro atoms. The molecule has 1 aliphatic rings. The van der Waals surface area contributed by atoms with Crippen molar-refractivity contribution in [3.63, 3.8) is 0 Å². The zero-order valence-electron chi connectivity index (χ0n) is 16.6. The molecule has 0 aliphatic carbocycles. The first kappa shape index (κ1) is 19.5. The second-order valence-corrected chi connectivity index (χ2v) is 8.24. The summed E-state index contributed by atoms with van der Waals surface area (Å²) in [5.41, 5.74) is 1.00. The van der Waals surface area contributed by atoms with Crippen LogP contribution in [0.5, 0.6) is 5.75 Å². The van der Waals surface area contributed by atoms with Gasteiger partial charge in [0.15, 0.2) is 0 Å². The molecule has 1 saturated heterocycles. The first-order valence-corrected chi connectivity index (χ1v) is 10.6. The van der Waals surface area contributed by atoms with E-state index in [0.717, 1.165) is 27.0 Å². The molecule has 0 radical (unpaired) electrons. The number of carbonyl (C=O) groups excluding carboxylic acids is 2. The van der Waals surface area contributed by atoms with Gasteiger partial charge in [0.2, 0.25) is 5.91 Å². The second-order valence-electron chi connectivity index (χ2n) is 7.29. The molecular weight excluding hydrogens is 384 g/mol. The van der Waals surface area contributed by atoms with Gasteiger partial charge >= 0.3 is 0 Å². The van der Waals surface area contributed by atoms with Gasteiger partial charge in [-0.3, -0.25) is 9.59 Å². The Morgan fingerprint density at radius 1 is 0.966 bits per heavy atom. The van der Waals surface area contributed by atoms with Crippen LogP contribution in [-0.4, -0.2) is 54.9 Å². The Bertz CT molecular complexity index is 1020. The van der Waals surface area contributed by atoms with Gasteiger partial charge in [-0.05, 0) is 46.8 Å². The molecule has 29 heavy (non-hydrogen) atoms. The number of thiophene rings is 1. The molecule has 0 saturated carbocycles. The third-order valence-electron chi connectivity index (χ3n) is 5.55. The summed E-state index contributed by atoms with van der Waals surface area (Å²) in [5.74, 6) is 0.775. The zero-order chi connectivity index (χ0) is 20.4. The number of nitrogens with zero attached hydrogens (tertiary/aromatic N) is 2. The Balaban J connectivity index is 1.42. The summed E-state index contributed by atoms with van der Waals surface area (Å²) in [6.45, 7) is 4.26. The number of rotatable bonds is 4. The predicted molar refractivity (Wildman–Crippen MR) is 116 cm³/mol. The number of fused-ring (bicyclic) bond motifs is 1. The number of hydrogen-bond acceptors (Lipinski definition) is 4. The van der Waals surface area contributed by atoms with E-state index in [-0.39, 0.29) is 17.7 Å². The standard InChI is InChI=1S/C23H24N2O3S/c1-16(17-5-6-19-15-20(28-2)8-7-18(19)14-17)22(26)24-9-11-25(12-10-24)23(27)21-4-3-13-29-21/h3-8,13-16H,9-12H2,1-2H3/t16-/m1/s1. The molecule has 4 rings (SSSR count). The van der Waals surface area contributed by atoms with Crippen molar-refractivity contribution in [2.24, 2.45) is 0 Å². The van der Waals surface area contributed by atoms with E-state index in [4.69, 9.17) is 4.74 Å². The third-order valence-corrected chi connectivity index (χ3v) is 6.41. The van der Waals surface area contributed by atoms with Crippen LogP contribution in [0.1, 0.15) is 28.1 Å². The Kier molecular flexibility index (Phi) is 5.53. The highest BCUT2D eigenvalue weighted by Crippen LogP contribution is 2.26. The molecule has 6 heteroatoms. The van der Waals surface area contributed by atoms with Crippen LogP contribution in [0.2, 0.25) is 0 Å². The highest BCUT2D eigenvalue weighted by Gasteiger charge is 2.28. The summed E-state index contributed by atoms with van der Waals surface area (Å²) in [6.07, 6.45) is 0. The minimum Gasteiger partial charge on any atom is -0.497 e. The van der Waals surface area contributed by atoms with Crippen LogP contribution in [0, 0.1) is 0 Å². The maximum absolute atomic E-state index is 13.0. The van der Waals surface area contributed by atoms with E-state index >= 15 is 0 Å². The molecule has 5 nitrogen and oxygen atoms in total. The maximum Gasteiger partial charge on any atom is 0.264 e. The number of ether oxygens (including phenoxy) is 1. The molecule has 2 heterocycles. The number of hydrogen-bond donors (Lipinski definition) is 0. The minimum atomic E-state index is -0.221.